The number of nitrogens with zero attached hydrogens (tertiary/aromatic N) is 1. The van der Waals surface area contributed by atoms with Crippen molar-refractivity contribution in [1.29, 1.82) is 0 Å². The molecule has 1 heterocycles. The third-order valence-corrected chi connectivity index (χ3v) is 4.46. The summed E-state index contributed by atoms with van der Waals surface area (Å²) in [5.41, 5.74) is 2.70. The van der Waals surface area contributed by atoms with Crippen LogP contribution in [-0.2, 0) is 16.1 Å². The fourth-order valence-electron chi connectivity index (χ4n) is 2.99. The number of hydrogen-bond acceptors (Lipinski definition) is 3. The van der Waals surface area contributed by atoms with Crippen LogP contribution in [0.3, 0.4) is 0 Å². The lowest BCUT2D eigenvalue weighted by molar-refractivity contribution is -0.128. The Labute approximate surface area is 151 Å². The number of benzene rings is 2. The zero-order chi connectivity index (χ0) is 18.7. The van der Waals surface area contributed by atoms with Gasteiger partial charge < -0.3 is 15.3 Å². The normalized spacial score (nSPS) is 16.6. The third-order valence-electron chi connectivity index (χ3n) is 4.46. The summed E-state index contributed by atoms with van der Waals surface area (Å²) in [4.78, 5) is 37.4. The van der Waals surface area contributed by atoms with Crippen LogP contribution in [0, 0.1) is 12.8 Å². The lowest BCUT2D eigenvalue weighted by atomic mass is 10.1. The van der Waals surface area contributed by atoms with Gasteiger partial charge in [0.15, 0.2) is 0 Å². The lowest BCUT2D eigenvalue weighted by Crippen LogP contribution is -2.28. The molecular weight excluding hydrogens is 332 g/mol. The van der Waals surface area contributed by atoms with E-state index in [0.29, 0.717) is 18.8 Å². The summed E-state index contributed by atoms with van der Waals surface area (Å²) in [7, 11) is 0. The van der Waals surface area contributed by atoms with Gasteiger partial charge in [-0.3, -0.25) is 9.59 Å². The van der Waals surface area contributed by atoms with Crippen molar-refractivity contribution in [2.24, 2.45) is 5.92 Å². The van der Waals surface area contributed by atoms with Crippen molar-refractivity contribution < 1.29 is 19.5 Å². The van der Waals surface area contributed by atoms with Gasteiger partial charge in [-0.1, -0.05) is 35.9 Å². The minimum absolute atomic E-state index is 0.0509. The molecule has 1 aliphatic rings. The Morgan fingerprint density at radius 3 is 2.62 bits per heavy atom. The second kappa shape index (κ2) is 7.39. The van der Waals surface area contributed by atoms with Crippen molar-refractivity contribution in [3.05, 3.63) is 65.2 Å². The number of rotatable bonds is 5. The molecule has 0 aliphatic carbocycles. The van der Waals surface area contributed by atoms with Crippen LogP contribution in [0.2, 0.25) is 0 Å². The molecule has 1 fully saturated rings. The van der Waals surface area contributed by atoms with Crippen molar-refractivity contribution >= 4 is 23.5 Å². The first kappa shape index (κ1) is 17.7. The first-order chi connectivity index (χ1) is 12.4. The van der Waals surface area contributed by atoms with E-state index in [2.05, 4.69) is 5.32 Å². The van der Waals surface area contributed by atoms with Crippen LogP contribution in [0.5, 0.6) is 0 Å². The summed E-state index contributed by atoms with van der Waals surface area (Å²) in [6.07, 6.45) is 0.163. The summed E-state index contributed by atoms with van der Waals surface area (Å²) < 4.78 is 0. The number of hydrogen-bond donors (Lipinski definition) is 2. The second-order valence-electron chi connectivity index (χ2n) is 6.54. The number of aryl methyl sites for hydroxylation is 1. The molecule has 3 rings (SSSR count). The van der Waals surface area contributed by atoms with Gasteiger partial charge in [0.1, 0.15) is 0 Å². The van der Waals surface area contributed by atoms with Crippen LogP contribution in [0.1, 0.15) is 27.9 Å². The van der Waals surface area contributed by atoms with Crippen LogP contribution >= 0.6 is 0 Å². The molecule has 6 nitrogen and oxygen atoms in total. The fraction of sp³-hybridized carbons (Fsp3) is 0.250. The van der Waals surface area contributed by atoms with E-state index in [0.717, 1.165) is 11.1 Å². The molecule has 2 amide bonds. The molecule has 1 aliphatic heterocycles. The molecule has 2 aromatic carbocycles. The van der Waals surface area contributed by atoms with Gasteiger partial charge in [0.05, 0.1) is 11.5 Å². The van der Waals surface area contributed by atoms with Crippen molar-refractivity contribution in [2.75, 3.05) is 11.9 Å². The molecule has 0 aromatic heterocycles. The minimum atomic E-state index is -1.05. The molecule has 1 atom stereocenters. The highest BCUT2D eigenvalue weighted by Gasteiger charge is 2.34. The highest BCUT2D eigenvalue weighted by Crippen LogP contribution is 2.22. The summed E-state index contributed by atoms with van der Waals surface area (Å²) in [5, 5.41) is 11.7. The van der Waals surface area contributed by atoms with Gasteiger partial charge in [0, 0.05) is 25.2 Å². The van der Waals surface area contributed by atoms with Gasteiger partial charge in [0.2, 0.25) is 11.8 Å². The number of carboxylic acids is 1. The molecule has 2 aromatic rings. The third kappa shape index (κ3) is 4.08. The van der Waals surface area contributed by atoms with Gasteiger partial charge >= 0.3 is 5.97 Å². The fourth-order valence-corrected chi connectivity index (χ4v) is 2.99. The van der Waals surface area contributed by atoms with Gasteiger partial charge in [-0.25, -0.2) is 4.79 Å². The van der Waals surface area contributed by atoms with Gasteiger partial charge in [0.25, 0.3) is 0 Å². The predicted molar refractivity (Wildman–Crippen MR) is 96.7 cm³/mol. The molecule has 0 spiro atoms. The number of carboxylic acid groups (broad SMARTS) is 1. The van der Waals surface area contributed by atoms with E-state index in [1.165, 1.54) is 12.1 Å². The molecule has 0 radical (unpaired) electrons. The summed E-state index contributed by atoms with van der Waals surface area (Å²) in [5.74, 6) is -1.82. The molecule has 6 heteroatoms. The van der Waals surface area contributed by atoms with Crippen molar-refractivity contribution in [3.8, 4) is 0 Å². The van der Waals surface area contributed by atoms with Crippen molar-refractivity contribution in [3.63, 3.8) is 0 Å². The van der Waals surface area contributed by atoms with Crippen LogP contribution in [-0.4, -0.2) is 34.3 Å². The molecule has 0 bridgehead atoms. The van der Waals surface area contributed by atoms with E-state index < -0.39 is 11.9 Å². The topological polar surface area (TPSA) is 86.7 Å². The van der Waals surface area contributed by atoms with Gasteiger partial charge in [-0.2, -0.15) is 0 Å². The standard InChI is InChI=1S/C20H20N2O4/c1-13-5-7-14(8-6-13)11-22-12-16(10-18(22)23)19(24)21-17-4-2-3-15(9-17)20(25)26/h2-9,16H,10-12H2,1H3,(H,21,24)(H,25,26)/t16-/m1/s1. The highest BCUT2D eigenvalue weighted by molar-refractivity contribution is 5.98. The maximum Gasteiger partial charge on any atom is 0.335 e. The zero-order valence-electron chi connectivity index (χ0n) is 14.4. The van der Waals surface area contributed by atoms with Crippen molar-refractivity contribution in [1.82, 2.24) is 4.90 Å². The number of likely N-dealkylation sites (tertiary alicyclic amines) is 1. The van der Waals surface area contributed by atoms with E-state index in [1.54, 1.807) is 17.0 Å². The maximum atomic E-state index is 12.4. The SMILES string of the molecule is Cc1ccc(CN2C[C@H](C(=O)Nc3cccc(C(=O)O)c3)CC2=O)cc1. The predicted octanol–water partition coefficient (Wildman–Crippen LogP) is 2.68. The van der Waals surface area contributed by atoms with E-state index in [9.17, 15) is 14.4 Å². The maximum absolute atomic E-state index is 12.4. The lowest BCUT2D eigenvalue weighted by Gasteiger charge is -2.17. The Morgan fingerprint density at radius 1 is 1.19 bits per heavy atom. The van der Waals surface area contributed by atoms with E-state index >= 15 is 0 Å². The molecular formula is C20H20N2O4. The van der Waals surface area contributed by atoms with Crippen LogP contribution in [0.25, 0.3) is 0 Å². The zero-order valence-corrected chi connectivity index (χ0v) is 14.4. The van der Waals surface area contributed by atoms with Crippen molar-refractivity contribution in [2.45, 2.75) is 19.9 Å². The molecule has 134 valence electrons. The Bertz CT molecular complexity index is 845. The molecule has 0 saturated carbocycles. The number of aromatic carboxylic acids is 1. The molecule has 2 N–H and O–H groups in total. The first-order valence-corrected chi connectivity index (χ1v) is 8.40. The smallest absolute Gasteiger partial charge is 0.335 e. The minimum Gasteiger partial charge on any atom is -0.478 e. The first-order valence-electron chi connectivity index (χ1n) is 8.40. The van der Waals surface area contributed by atoms with Gasteiger partial charge in [-0.15, -0.1) is 0 Å². The summed E-state index contributed by atoms with van der Waals surface area (Å²) >= 11 is 0. The monoisotopic (exact) mass is 352 g/mol. The van der Waals surface area contributed by atoms with Crippen LogP contribution in [0.15, 0.2) is 48.5 Å². The van der Waals surface area contributed by atoms with E-state index in [1.807, 2.05) is 31.2 Å². The Balaban J connectivity index is 1.62. The summed E-state index contributed by atoms with van der Waals surface area (Å²) in [6, 6.07) is 14.0. The number of anilines is 1. The number of carbonyl (C=O) groups excluding carboxylic acids is 2. The Morgan fingerprint density at radius 2 is 1.92 bits per heavy atom. The Hall–Kier alpha value is -3.15. The van der Waals surface area contributed by atoms with Crippen LogP contribution in [0.4, 0.5) is 5.69 Å². The Kier molecular flexibility index (Phi) is 5.02. The molecule has 1 saturated heterocycles. The highest BCUT2D eigenvalue weighted by atomic mass is 16.4. The van der Waals surface area contributed by atoms with E-state index in [4.69, 9.17) is 5.11 Å². The van der Waals surface area contributed by atoms with E-state index in [-0.39, 0.29) is 23.8 Å². The largest absolute Gasteiger partial charge is 0.478 e. The summed E-state index contributed by atoms with van der Waals surface area (Å²) in [6.45, 7) is 2.85. The second-order valence-corrected chi connectivity index (χ2v) is 6.54. The molecule has 0 unspecified atom stereocenters. The average molecular weight is 352 g/mol. The number of carbonyl (C=O) groups is 3. The number of amides is 2. The quantitative estimate of drug-likeness (QED) is 0.866. The van der Waals surface area contributed by atoms with Crippen LogP contribution < -0.4 is 5.32 Å². The van der Waals surface area contributed by atoms with Gasteiger partial charge in [-0.05, 0) is 30.7 Å². The molecule has 26 heavy (non-hydrogen) atoms. The number of nitrogens with one attached hydrogen (secondary N) is 1. The average Bonchev–Trinajstić information content (AvgIpc) is 2.98.